The monoisotopic (exact) mass is 320 g/mol. The molecule has 6 heteroatoms. The van der Waals surface area contributed by atoms with Gasteiger partial charge in [0.25, 0.3) is 5.91 Å². The fourth-order valence-electron chi connectivity index (χ4n) is 3.14. The van der Waals surface area contributed by atoms with Crippen molar-refractivity contribution in [3.63, 3.8) is 0 Å². The zero-order valence-corrected chi connectivity index (χ0v) is 13.8. The highest BCUT2D eigenvalue weighted by molar-refractivity contribution is 5.78. The van der Waals surface area contributed by atoms with Gasteiger partial charge in [-0.2, -0.15) is 0 Å². The Bertz CT molecular complexity index is 568. The summed E-state index contributed by atoms with van der Waals surface area (Å²) in [5.74, 6) is 0.0539. The van der Waals surface area contributed by atoms with Crippen LogP contribution >= 0.6 is 0 Å². The van der Waals surface area contributed by atoms with Gasteiger partial charge in [-0.05, 0) is 38.3 Å². The van der Waals surface area contributed by atoms with E-state index >= 15 is 0 Å². The average molecular weight is 320 g/mol. The van der Waals surface area contributed by atoms with Gasteiger partial charge < -0.3 is 9.64 Å². The van der Waals surface area contributed by atoms with Gasteiger partial charge in [-0.3, -0.25) is 14.9 Å². The second-order valence-corrected chi connectivity index (χ2v) is 5.99. The number of amides is 1. The van der Waals surface area contributed by atoms with E-state index < -0.39 is 4.92 Å². The molecule has 0 unspecified atom stereocenters. The third-order valence-electron chi connectivity index (χ3n) is 4.34. The van der Waals surface area contributed by atoms with Crippen molar-refractivity contribution in [1.29, 1.82) is 0 Å². The topological polar surface area (TPSA) is 72.7 Å². The number of nitrogens with zero attached hydrogens (tertiary/aromatic N) is 2. The number of rotatable bonds is 6. The third-order valence-corrected chi connectivity index (χ3v) is 4.34. The minimum atomic E-state index is -0.488. The quantitative estimate of drug-likeness (QED) is 0.594. The van der Waals surface area contributed by atoms with Crippen molar-refractivity contribution < 1.29 is 14.5 Å². The van der Waals surface area contributed by atoms with Crippen molar-refractivity contribution in [2.75, 3.05) is 13.2 Å². The first-order valence-electron chi connectivity index (χ1n) is 8.20. The molecule has 1 aromatic carbocycles. The van der Waals surface area contributed by atoms with E-state index in [-0.39, 0.29) is 30.0 Å². The molecule has 1 amide bonds. The number of aryl methyl sites for hydroxylation is 1. The van der Waals surface area contributed by atoms with E-state index in [0.29, 0.717) is 6.54 Å². The predicted octanol–water partition coefficient (Wildman–Crippen LogP) is 3.46. The van der Waals surface area contributed by atoms with Crippen LogP contribution in [0.1, 0.15) is 44.6 Å². The molecular weight excluding hydrogens is 296 g/mol. The van der Waals surface area contributed by atoms with E-state index in [2.05, 4.69) is 0 Å². The third kappa shape index (κ3) is 4.43. The molecule has 23 heavy (non-hydrogen) atoms. The van der Waals surface area contributed by atoms with Crippen LogP contribution in [0.5, 0.6) is 5.75 Å². The Morgan fingerprint density at radius 1 is 1.35 bits per heavy atom. The lowest BCUT2D eigenvalue weighted by Gasteiger charge is -2.33. The van der Waals surface area contributed by atoms with Crippen LogP contribution in [-0.2, 0) is 4.79 Å². The molecule has 0 atom stereocenters. The Morgan fingerprint density at radius 3 is 2.65 bits per heavy atom. The molecule has 1 saturated carbocycles. The number of likely N-dealkylation sites (N-methyl/N-ethyl adjacent to an activating group) is 1. The molecule has 2 rings (SSSR count). The summed E-state index contributed by atoms with van der Waals surface area (Å²) in [6.45, 7) is 4.28. The van der Waals surface area contributed by atoms with Gasteiger partial charge in [-0.1, -0.05) is 25.3 Å². The summed E-state index contributed by atoms with van der Waals surface area (Å²) in [5.41, 5.74) is 0.752. The minimum absolute atomic E-state index is 0.102. The number of nitro groups is 1. The molecule has 1 aliphatic carbocycles. The van der Waals surface area contributed by atoms with Crippen molar-refractivity contribution in [3.05, 3.63) is 33.9 Å². The van der Waals surface area contributed by atoms with E-state index in [9.17, 15) is 14.9 Å². The second-order valence-electron chi connectivity index (χ2n) is 5.99. The summed E-state index contributed by atoms with van der Waals surface area (Å²) < 4.78 is 5.48. The SMILES string of the molecule is CCN(C(=O)COc1cc(C)ccc1[N+](=O)[O-])C1CCCCC1. The first-order chi connectivity index (χ1) is 11.0. The lowest BCUT2D eigenvalue weighted by molar-refractivity contribution is -0.385. The van der Waals surface area contributed by atoms with Crippen molar-refractivity contribution in [1.82, 2.24) is 4.90 Å². The summed E-state index contributed by atoms with van der Waals surface area (Å²) in [5, 5.41) is 11.0. The zero-order chi connectivity index (χ0) is 16.8. The fourth-order valence-corrected chi connectivity index (χ4v) is 3.14. The number of ether oxygens (including phenoxy) is 1. The van der Waals surface area contributed by atoms with Crippen LogP contribution in [0.2, 0.25) is 0 Å². The van der Waals surface area contributed by atoms with Crippen LogP contribution in [0.25, 0.3) is 0 Å². The van der Waals surface area contributed by atoms with Gasteiger partial charge in [0.15, 0.2) is 12.4 Å². The molecule has 1 aromatic rings. The Balaban J connectivity index is 2.02. The summed E-state index contributed by atoms with van der Waals surface area (Å²) in [6.07, 6.45) is 5.60. The van der Waals surface area contributed by atoms with E-state index in [0.717, 1.165) is 31.2 Å². The Hall–Kier alpha value is -2.11. The molecule has 0 radical (unpaired) electrons. The van der Waals surface area contributed by atoms with Gasteiger partial charge in [-0.25, -0.2) is 0 Å². The molecule has 0 spiro atoms. The lowest BCUT2D eigenvalue weighted by atomic mass is 9.94. The van der Waals surface area contributed by atoms with Gasteiger partial charge >= 0.3 is 5.69 Å². The van der Waals surface area contributed by atoms with E-state index in [1.807, 2.05) is 18.7 Å². The maximum absolute atomic E-state index is 12.4. The average Bonchev–Trinajstić information content (AvgIpc) is 2.54. The summed E-state index contributed by atoms with van der Waals surface area (Å²) >= 11 is 0. The molecule has 1 fully saturated rings. The molecule has 126 valence electrons. The van der Waals surface area contributed by atoms with Crippen molar-refractivity contribution >= 4 is 11.6 Å². The van der Waals surface area contributed by atoms with Gasteiger partial charge in [0.2, 0.25) is 0 Å². The number of benzene rings is 1. The standard InChI is InChI=1S/C17H24N2O4/c1-3-18(14-7-5-4-6-8-14)17(20)12-23-16-11-13(2)9-10-15(16)19(21)22/h9-11,14H,3-8,12H2,1-2H3. The molecular formula is C17H24N2O4. The molecule has 1 aliphatic rings. The zero-order valence-electron chi connectivity index (χ0n) is 13.8. The van der Waals surface area contributed by atoms with Crippen LogP contribution in [0.15, 0.2) is 18.2 Å². The summed E-state index contributed by atoms with van der Waals surface area (Å²) in [7, 11) is 0. The Labute approximate surface area is 136 Å². The fraction of sp³-hybridized carbons (Fsp3) is 0.588. The minimum Gasteiger partial charge on any atom is -0.477 e. The highest BCUT2D eigenvalue weighted by atomic mass is 16.6. The molecule has 0 heterocycles. The first kappa shape index (κ1) is 17.2. The smallest absolute Gasteiger partial charge is 0.310 e. The van der Waals surface area contributed by atoms with Crippen LogP contribution in [0.3, 0.4) is 0 Å². The second kappa shape index (κ2) is 7.94. The highest BCUT2D eigenvalue weighted by Crippen LogP contribution is 2.28. The van der Waals surface area contributed by atoms with Crippen LogP contribution in [0.4, 0.5) is 5.69 Å². The van der Waals surface area contributed by atoms with Crippen molar-refractivity contribution in [2.45, 2.75) is 52.0 Å². The molecule has 0 N–H and O–H groups in total. The number of nitro benzene ring substituents is 1. The molecule has 0 aliphatic heterocycles. The normalized spacial score (nSPS) is 15.2. The molecule has 0 bridgehead atoms. The van der Waals surface area contributed by atoms with E-state index in [1.54, 1.807) is 12.1 Å². The van der Waals surface area contributed by atoms with Gasteiger partial charge in [0.1, 0.15) is 0 Å². The molecule has 0 aromatic heterocycles. The number of hydrogen-bond acceptors (Lipinski definition) is 4. The van der Waals surface area contributed by atoms with Gasteiger partial charge in [0.05, 0.1) is 4.92 Å². The van der Waals surface area contributed by atoms with Gasteiger partial charge in [-0.15, -0.1) is 0 Å². The summed E-state index contributed by atoms with van der Waals surface area (Å²) in [6, 6.07) is 4.95. The van der Waals surface area contributed by atoms with Crippen LogP contribution in [0, 0.1) is 17.0 Å². The number of carbonyl (C=O) groups excluding carboxylic acids is 1. The molecule has 6 nitrogen and oxygen atoms in total. The lowest BCUT2D eigenvalue weighted by Crippen LogP contribution is -2.43. The summed E-state index contributed by atoms with van der Waals surface area (Å²) in [4.78, 5) is 24.8. The van der Waals surface area contributed by atoms with E-state index in [1.165, 1.54) is 12.5 Å². The maximum atomic E-state index is 12.4. The largest absolute Gasteiger partial charge is 0.477 e. The van der Waals surface area contributed by atoms with Gasteiger partial charge in [0, 0.05) is 18.7 Å². The van der Waals surface area contributed by atoms with E-state index in [4.69, 9.17) is 4.74 Å². The van der Waals surface area contributed by atoms with Crippen LogP contribution in [-0.4, -0.2) is 34.9 Å². The van der Waals surface area contributed by atoms with Crippen molar-refractivity contribution in [3.8, 4) is 5.75 Å². The predicted molar refractivity (Wildman–Crippen MR) is 87.6 cm³/mol. The number of hydrogen-bond donors (Lipinski definition) is 0. The number of carbonyl (C=O) groups is 1. The maximum Gasteiger partial charge on any atom is 0.310 e. The highest BCUT2D eigenvalue weighted by Gasteiger charge is 2.25. The first-order valence-corrected chi connectivity index (χ1v) is 8.20. The Kier molecular flexibility index (Phi) is 5.96. The Morgan fingerprint density at radius 2 is 2.04 bits per heavy atom. The molecule has 0 saturated heterocycles. The van der Waals surface area contributed by atoms with Crippen molar-refractivity contribution in [2.24, 2.45) is 0 Å². The van der Waals surface area contributed by atoms with Crippen LogP contribution < -0.4 is 4.74 Å².